The molecule has 0 N–H and O–H groups in total. The number of furan rings is 1. The van der Waals surface area contributed by atoms with Crippen LogP contribution < -0.4 is 0 Å². The zero-order chi connectivity index (χ0) is 41.9. The molecule has 0 aliphatic heterocycles. The number of hydrogen-bond acceptors (Lipinski definition) is 1. The van der Waals surface area contributed by atoms with E-state index in [1.54, 1.807) is 24.3 Å². The van der Waals surface area contributed by atoms with Crippen molar-refractivity contribution in [3.8, 4) is 44.5 Å². The molecule has 0 saturated heterocycles. The van der Waals surface area contributed by atoms with Crippen molar-refractivity contribution in [3.63, 3.8) is 0 Å². The molecule has 0 unspecified atom stereocenters. The Labute approximate surface area is 281 Å². The summed E-state index contributed by atoms with van der Waals surface area (Å²) < 4.78 is 128. The van der Waals surface area contributed by atoms with Gasteiger partial charge in [-0.15, -0.1) is 0 Å². The molecule has 9 rings (SSSR count). The fourth-order valence-electron chi connectivity index (χ4n) is 6.35. The molecule has 1 aromatic heterocycles. The molecule has 1 heteroatoms. The van der Waals surface area contributed by atoms with Crippen LogP contribution in [0.15, 0.2) is 174 Å². The van der Waals surface area contributed by atoms with Crippen LogP contribution in [0.1, 0.15) is 19.2 Å². The van der Waals surface area contributed by atoms with Crippen molar-refractivity contribution in [2.24, 2.45) is 0 Å². The van der Waals surface area contributed by atoms with E-state index in [4.69, 9.17) is 22.2 Å². The van der Waals surface area contributed by atoms with Gasteiger partial charge in [-0.2, -0.15) is 0 Å². The summed E-state index contributed by atoms with van der Waals surface area (Å²) in [5.74, 6) is 0. The fourth-order valence-corrected chi connectivity index (χ4v) is 6.35. The molecular weight excluding hydrogens is 544 g/mol. The maximum absolute atomic E-state index is 9.33. The Hall–Kier alpha value is -5.92. The minimum atomic E-state index is -0.641. The van der Waals surface area contributed by atoms with Gasteiger partial charge in [0.15, 0.2) is 0 Å². The lowest BCUT2D eigenvalue weighted by atomic mass is 9.83. The van der Waals surface area contributed by atoms with E-state index in [0.29, 0.717) is 65.7 Å². The summed E-state index contributed by atoms with van der Waals surface area (Å²) in [6.07, 6.45) is 0. The molecule has 1 nitrogen and oxygen atoms in total. The highest BCUT2D eigenvalue weighted by Gasteiger charge is 2.22. The number of fused-ring (bicyclic) bond motifs is 5. The molecule has 1 heterocycles. The van der Waals surface area contributed by atoms with Crippen LogP contribution in [0.3, 0.4) is 0 Å². The average Bonchev–Trinajstić information content (AvgIpc) is 3.64. The second-order valence-electron chi connectivity index (χ2n) is 10.6. The lowest BCUT2D eigenvalue weighted by Crippen LogP contribution is -1.92. The highest BCUT2D eigenvalue weighted by molar-refractivity contribution is 6.25. The molecule has 0 spiro atoms. The van der Waals surface area contributed by atoms with Crippen LogP contribution in [0.4, 0.5) is 0 Å². The van der Waals surface area contributed by atoms with Crippen LogP contribution in [-0.2, 0) is 0 Å². The Balaban J connectivity index is 1.42. The second kappa shape index (κ2) is 10.4. The highest BCUT2D eigenvalue weighted by atomic mass is 16.3. The molecule has 0 aliphatic carbocycles. The highest BCUT2D eigenvalue weighted by Crippen LogP contribution is 2.48. The first-order valence-electron chi connectivity index (χ1n) is 21.3. The van der Waals surface area contributed by atoms with Gasteiger partial charge in [-0.05, 0) is 49.4 Å². The first-order chi connectivity index (χ1) is 28.2. The van der Waals surface area contributed by atoms with Gasteiger partial charge in [-0.1, -0.05) is 170 Å². The zero-order valence-electron chi connectivity index (χ0n) is 37.5. The first-order valence-corrected chi connectivity index (χ1v) is 14.3. The van der Waals surface area contributed by atoms with Crippen LogP contribution >= 0.6 is 0 Å². The smallest absolute Gasteiger partial charge is 0.143 e. The van der Waals surface area contributed by atoms with Crippen molar-refractivity contribution in [2.75, 3.05) is 0 Å². The van der Waals surface area contributed by atoms with Crippen molar-refractivity contribution in [1.29, 1.82) is 0 Å². The summed E-state index contributed by atoms with van der Waals surface area (Å²) in [7, 11) is 0. The Morgan fingerprint density at radius 3 is 1.29 bits per heavy atom. The van der Waals surface area contributed by atoms with Crippen molar-refractivity contribution < 1.29 is 23.6 Å². The molecule has 8 aromatic carbocycles. The zero-order valence-corrected chi connectivity index (χ0v) is 23.5. The Kier molecular flexibility index (Phi) is 3.50. The Morgan fingerprint density at radius 1 is 0.333 bits per heavy atom. The van der Waals surface area contributed by atoms with Gasteiger partial charge in [-0.25, -0.2) is 0 Å². The van der Waals surface area contributed by atoms with Gasteiger partial charge in [0.05, 0.1) is 19.2 Å². The van der Waals surface area contributed by atoms with Gasteiger partial charge >= 0.3 is 0 Å². The minimum Gasteiger partial charge on any atom is -0.455 e. The quantitative estimate of drug-likeness (QED) is 0.187. The second-order valence-corrected chi connectivity index (χ2v) is 10.6. The molecule has 0 saturated carbocycles. The molecule has 45 heavy (non-hydrogen) atoms. The lowest BCUT2D eigenvalue weighted by Gasteiger charge is -2.19. The topological polar surface area (TPSA) is 13.1 Å². The third-order valence-electron chi connectivity index (χ3n) is 8.18. The number of rotatable bonds is 4. The van der Waals surface area contributed by atoms with Crippen molar-refractivity contribution in [2.45, 2.75) is 0 Å². The average molecular weight is 587 g/mol. The molecule has 0 radical (unpaired) electrons. The van der Waals surface area contributed by atoms with E-state index in [2.05, 4.69) is 0 Å². The van der Waals surface area contributed by atoms with Crippen molar-refractivity contribution >= 4 is 43.5 Å². The van der Waals surface area contributed by atoms with E-state index >= 15 is 0 Å². The number of benzene rings is 8. The van der Waals surface area contributed by atoms with E-state index in [9.17, 15) is 1.37 Å². The SMILES string of the molecule is [2H]c1c([2H])c([2H])c(-c2c([2H])c([2H])c([2H])c([2H])c2-c2c3ccccc3c(-c3cccc4c3oc3c(-c5c([2H])c([2H])c([2H])c([2H])c5[2H])cccc34)c3ccccc23)c([2H])c1[2H]. The third-order valence-corrected chi connectivity index (χ3v) is 8.18. The standard InChI is InChI=1S/C44H28O/c1-3-15-29(16-4-1)31-19-7-8-20-33(31)41-34-21-9-11-23-36(34)42(37-24-12-10-22-35(37)41)40-28-14-27-39-38-26-13-25-32(43(38)45-44(39)40)30-17-5-2-6-18-30/h1-28H/i1D,2D,3D,4D,5D,6D,7D,8D,15D,16D,17D,18D,19D,20D. The van der Waals surface area contributed by atoms with Crippen molar-refractivity contribution in [3.05, 3.63) is 170 Å². The van der Waals surface area contributed by atoms with Gasteiger partial charge in [0, 0.05) is 27.5 Å². The monoisotopic (exact) mass is 586 g/mol. The number of hydrogen-bond donors (Lipinski definition) is 0. The maximum Gasteiger partial charge on any atom is 0.143 e. The predicted molar refractivity (Wildman–Crippen MR) is 190 cm³/mol. The third kappa shape index (κ3) is 4.02. The molecule has 0 fully saturated rings. The largest absolute Gasteiger partial charge is 0.455 e. The summed E-state index contributed by atoms with van der Waals surface area (Å²) in [6, 6.07) is 18.0. The molecule has 0 aliphatic rings. The normalized spacial score (nSPS) is 15.9. The molecule has 0 bridgehead atoms. The molecule has 210 valence electrons. The van der Waals surface area contributed by atoms with Crippen molar-refractivity contribution in [1.82, 2.24) is 0 Å². The summed E-state index contributed by atoms with van der Waals surface area (Å²) in [5.41, 5.74) is 2.22. The van der Waals surface area contributed by atoms with Gasteiger partial charge < -0.3 is 4.42 Å². The molecular formula is C44H28O. The Bertz CT molecular complexity index is 3220. The van der Waals surface area contributed by atoms with E-state index in [-0.39, 0.29) is 34.3 Å². The van der Waals surface area contributed by atoms with Crippen LogP contribution in [0.5, 0.6) is 0 Å². The summed E-state index contributed by atoms with van der Waals surface area (Å²) >= 11 is 0. The summed E-state index contributed by atoms with van der Waals surface area (Å²) in [5, 5.41) is 3.75. The van der Waals surface area contributed by atoms with E-state index in [1.807, 2.05) is 60.7 Å². The summed E-state index contributed by atoms with van der Waals surface area (Å²) in [4.78, 5) is 0. The molecule has 0 amide bonds. The summed E-state index contributed by atoms with van der Waals surface area (Å²) in [6.45, 7) is 0. The van der Waals surface area contributed by atoms with Crippen LogP contribution in [0, 0.1) is 0 Å². The minimum absolute atomic E-state index is 0.00444. The molecule has 9 aromatic rings. The Morgan fingerprint density at radius 2 is 0.733 bits per heavy atom. The van der Waals surface area contributed by atoms with Gasteiger partial charge in [-0.3, -0.25) is 0 Å². The molecule has 0 atom stereocenters. The van der Waals surface area contributed by atoms with Crippen LogP contribution in [0.2, 0.25) is 0 Å². The van der Waals surface area contributed by atoms with E-state index in [0.717, 1.165) is 0 Å². The van der Waals surface area contributed by atoms with Gasteiger partial charge in [0.1, 0.15) is 11.2 Å². The fraction of sp³-hybridized carbons (Fsp3) is 0. The first kappa shape index (κ1) is 15.2. The van der Waals surface area contributed by atoms with E-state index < -0.39 is 72.5 Å². The maximum atomic E-state index is 9.33. The number of para-hydroxylation sites is 2. The van der Waals surface area contributed by atoms with E-state index in [1.165, 1.54) is 0 Å². The van der Waals surface area contributed by atoms with Gasteiger partial charge in [0.2, 0.25) is 0 Å². The van der Waals surface area contributed by atoms with Gasteiger partial charge in [0.25, 0.3) is 0 Å². The predicted octanol–water partition coefficient (Wildman–Crippen LogP) is 12.6. The lowest BCUT2D eigenvalue weighted by molar-refractivity contribution is 0.671. The van der Waals surface area contributed by atoms with Crippen LogP contribution in [0.25, 0.3) is 88.0 Å². The van der Waals surface area contributed by atoms with Crippen LogP contribution in [-0.4, -0.2) is 0 Å².